The second kappa shape index (κ2) is 6.81. The van der Waals surface area contributed by atoms with Gasteiger partial charge in [0.15, 0.2) is 0 Å². The third-order valence-electron chi connectivity index (χ3n) is 2.02. The molecular weight excluding hydrogens is 259 g/mol. The topological polar surface area (TPSA) is 46.5 Å². The molecule has 0 radical (unpaired) electrons. The molecule has 1 aromatic carbocycles. The van der Waals surface area contributed by atoms with Crippen LogP contribution in [0.5, 0.6) is 5.75 Å². The smallest absolute Gasteiger partial charge is 0.328 e. The average molecular weight is 271 g/mol. The highest BCUT2D eigenvalue weighted by atomic mass is 35.5. The van der Waals surface area contributed by atoms with Crippen LogP contribution in [0.1, 0.15) is 12.5 Å². The van der Waals surface area contributed by atoms with E-state index in [1.54, 1.807) is 6.92 Å². The van der Waals surface area contributed by atoms with Crippen molar-refractivity contribution < 1.29 is 19.0 Å². The van der Waals surface area contributed by atoms with Gasteiger partial charge in [-0.3, -0.25) is 0 Å². The van der Waals surface area contributed by atoms with E-state index in [1.807, 2.05) is 0 Å². The van der Waals surface area contributed by atoms with Gasteiger partial charge in [0.1, 0.15) is 18.2 Å². The summed E-state index contributed by atoms with van der Waals surface area (Å²) in [4.78, 5) is 10.4. The minimum atomic E-state index is -1.11. The Morgan fingerprint density at radius 3 is 2.89 bits per heavy atom. The van der Waals surface area contributed by atoms with Crippen LogP contribution in [0.4, 0.5) is 4.39 Å². The summed E-state index contributed by atoms with van der Waals surface area (Å²) in [6.45, 7) is 2.03. The molecule has 0 aliphatic heterocycles. The second-order valence-electron chi connectivity index (χ2n) is 3.60. The summed E-state index contributed by atoms with van der Waals surface area (Å²) >= 11 is 5.49. The number of carboxylic acids is 1. The summed E-state index contributed by atoms with van der Waals surface area (Å²) in [5.41, 5.74) is 2.55. The first-order valence-corrected chi connectivity index (χ1v) is 5.56. The first-order valence-electron chi connectivity index (χ1n) is 5.12. The molecule has 0 saturated heterocycles. The zero-order valence-electron chi connectivity index (χ0n) is 9.69. The molecule has 0 saturated carbocycles. The molecule has 0 fully saturated rings. The predicted octanol–water partition coefficient (Wildman–Crippen LogP) is 3.44. The number of benzene rings is 1. The Balaban J connectivity index is 2.92. The highest BCUT2D eigenvalue weighted by Gasteiger charge is 2.04. The van der Waals surface area contributed by atoms with Crippen LogP contribution in [0.3, 0.4) is 0 Å². The molecule has 0 aromatic heterocycles. The van der Waals surface area contributed by atoms with E-state index in [0.29, 0.717) is 11.3 Å². The van der Waals surface area contributed by atoms with Gasteiger partial charge >= 0.3 is 5.97 Å². The molecule has 3 nitrogen and oxygen atoms in total. The SMILES string of the molecule is C/C(=C/Cl)COc1ccc(F)cc1/C=C/C(=O)O. The molecule has 1 aromatic rings. The maximum Gasteiger partial charge on any atom is 0.328 e. The van der Waals surface area contributed by atoms with E-state index >= 15 is 0 Å². The number of hydrogen-bond acceptors (Lipinski definition) is 2. The average Bonchev–Trinajstić information content (AvgIpc) is 2.34. The van der Waals surface area contributed by atoms with Crippen molar-refractivity contribution in [1.29, 1.82) is 0 Å². The lowest BCUT2D eigenvalue weighted by Crippen LogP contribution is -2.00. The summed E-state index contributed by atoms with van der Waals surface area (Å²) in [6, 6.07) is 3.89. The van der Waals surface area contributed by atoms with Crippen molar-refractivity contribution in [3.63, 3.8) is 0 Å². The van der Waals surface area contributed by atoms with Gasteiger partial charge < -0.3 is 9.84 Å². The van der Waals surface area contributed by atoms with Crippen LogP contribution >= 0.6 is 11.6 Å². The van der Waals surface area contributed by atoms with Gasteiger partial charge in [-0.15, -0.1) is 0 Å². The number of ether oxygens (including phenoxy) is 1. The summed E-state index contributed by atoms with van der Waals surface area (Å²) in [5.74, 6) is -1.18. The molecule has 0 spiro atoms. The Morgan fingerprint density at radius 2 is 2.28 bits per heavy atom. The molecule has 5 heteroatoms. The highest BCUT2D eigenvalue weighted by Crippen LogP contribution is 2.22. The number of hydrogen-bond donors (Lipinski definition) is 1. The fourth-order valence-corrected chi connectivity index (χ4v) is 1.23. The Morgan fingerprint density at radius 1 is 1.56 bits per heavy atom. The third-order valence-corrected chi connectivity index (χ3v) is 2.39. The van der Waals surface area contributed by atoms with Crippen LogP contribution in [0.2, 0.25) is 0 Å². The van der Waals surface area contributed by atoms with Crippen LogP contribution in [0.25, 0.3) is 6.08 Å². The van der Waals surface area contributed by atoms with Gasteiger partial charge in [-0.1, -0.05) is 11.6 Å². The van der Waals surface area contributed by atoms with Crippen molar-refractivity contribution in [3.8, 4) is 5.75 Å². The maximum absolute atomic E-state index is 13.1. The van der Waals surface area contributed by atoms with Gasteiger partial charge in [-0.2, -0.15) is 0 Å². The van der Waals surface area contributed by atoms with E-state index in [1.165, 1.54) is 29.8 Å². The lowest BCUT2D eigenvalue weighted by atomic mass is 10.2. The van der Waals surface area contributed by atoms with Crippen molar-refractivity contribution in [3.05, 3.63) is 46.8 Å². The minimum Gasteiger partial charge on any atom is -0.489 e. The van der Waals surface area contributed by atoms with Gasteiger partial charge in [-0.05, 0) is 36.8 Å². The zero-order chi connectivity index (χ0) is 13.5. The molecule has 0 heterocycles. The molecule has 18 heavy (non-hydrogen) atoms. The van der Waals surface area contributed by atoms with Gasteiger partial charge in [0.05, 0.1) is 0 Å². The number of rotatable bonds is 5. The minimum absolute atomic E-state index is 0.253. The van der Waals surface area contributed by atoms with E-state index in [-0.39, 0.29) is 6.61 Å². The Kier molecular flexibility index (Phi) is 5.39. The van der Waals surface area contributed by atoms with Crippen molar-refractivity contribution in [2.75, 3.05) is 6.61 Å². The standard InChI is InChI=1S/C13H12ClFO3/c1-9(7-14)8-18-12-4-3-11(15)6-10(12)2-5-13(16)17/h2-7H,8H2,1H3,(H,16,17)/b5-2+,9-7-. The largest absolute Gasteiger partial charge is 0.489 e. The fourth-order valence-electron chi connectivity index (χ4n) is 1.17. The summed E-state index contributed by atoms with van der Waals surface area (Å²) in [7, 11) is 0. The monoisotopic (exact) mass is 270 g/mol. The van der Waals surface area contributed by atoms with Gasteiger partial charge in [0.25, 0.3) is 0 Å². The molecule has 0 aliphatic carbocycles. The Hall–Kier alpha value is -1.81. The van der Waals surface area contributed by atoms with E-state index in [0.717, 1.165) is 11.6 Å². The second-order valence-corrected chi connectivity index (χ2v) is 3.82. The summed E-state index contributed by atoms with van der Waals surface area (Å²) in [5, 5.41) is 8.54. The summed E-state index contributed by atoms with van der Waals surface area (Å²) in [6.07, 6.45) is 2.20. The molecular formula is C13H12ClFO3. The van der Waals surface area contributed by atoms with E-state index in [2.05, 4.69) is 0 Å². The van der Waals surface area contributed by atoms with Crippen molar-refractivity contribution in [1.82, 2.24) is 0 Å². The van der Waals surface area contributed by atoms with E-state index in [4.69, 9.17) is 21.4 Å². The third kappa shape index (κ3) is 4.59. The normalized spacial score (nSPS) is 11.8. The van der Waals surface area contributed by atoms with Gasteiger partial charge in [0, 0.05) is 17.2 Å². The lowest BCUT2D eigenvalue weighted by molar-refractivity contribution is -0.131. The first kappa shape index (κ1) is 14.3. The van der Waals surface area contributed by atoms with Crippen molar-refractivity contribution in [2.24, 2.45) is 0 Å². The summed E-state index contributed by atoms with van der Waals surface area (Å²) < 4.78 is 18.5. The van der Waals surface area contributed by atoms with Gasteiger partial charge in [0.2, 0.25) is 0 Å². The highest BCUT2D eigenvalue weighted by molar-refractivity contribution is 6.25. The van der Waals surface area contributed by atoms with Gasteiger partial charge in [-0.25, -0.2) is 9.18 Å². The van der Waals surface area contributed by atoms with E-state index in [9.17, 15) is 9.18 Å². The first-order chi connectivity index (χ1) is 8.52. The van der Waals surface area contributed by atoms with Crippen LogP contribution in [-0.2, 0) is 4.79 Å². The van der Waals surface area contributed by atoms with Crippen LogP contribution in [0, 0.1) is 5.82 Å². The fraction of sp³-hybridized carbons (Fsp3) is 0.154. The molecule has 0 amide bonds. The Bertz CT molecular complexity index is 495. The molecule has 0 aliphatic rings. The molecule has 96 valence electrons. The van der Waals surface area contributed by atoms with Crippen LogP contribution in [-0.4, -0.2) is 17.7 Å². The van der Waals surface area contributed by atoms with Crippen LogP contribution < -0.4 is 4.74 Å². The number of halogens is 2. The molecule has 1 rings (SSSR count). The lowest BCUT2D eigenvalue weighted by Gasteiger charge is -2.09. The Labute approximate surface area is 109 Å². The molecule has 0 unspecified atom stereocenters. The maximum atomic E-state index is 13.1. The number of aliphatic carboxylic acids is 1. The molecule has 0 atom stereocenters. The number of carbonyl (C=O) groups is 1. The quantitative estimate of drug-likeness (QED) is 0.834. The van der Waals surface area contributed by atoms with E-state index < -0.39 is 11.8 Å². The van der Waals surface area contributed by atoms with Crippen molar-refractivity contribution >= 4 is 23.6 Å². The van der Waals surface area contributed by atoms with Crippen LogP contribution in [0.15, 0.2) is 35.4 Å². The molecule has 0 bridgehead atoms. The zero-order valence-corrected chi connectivity index (χ0v) is 10.4. The molecule has 1 N–H and O–H groups in total. The number of carboxylic acid groups (broad SMARTS) is 1. The van der Waals surface area contributed by atoms with Crippen molar-refractivity contribution in [2.45, 2.75) is 6.92 Å². The predicted molar refractivity (Wildman–Crippen MR) is 68.2 cm³/mol.